The van der Waals surface area contributed by atoms with E-state index in [1.807, 2.05) is 37.3 Å². The molecule has 0 aliphatic carbocycles. The van der Waals surface area contributed by atoms with Crippen molar-refractivity contribution in [3.63, 3.8) is 0 Å². The Bertz CT molecular complexity index is 862. The van der Waals surface area contributed by atoms with Gasteiger partial charge >= 0.3 is 0 Å². The summed E-state index contributed by atoms with van der Waals surface area (Å²) in [5.41, 5.74) is 3.63. The maximum absolute atomic E-state index is 9.44. The molecule has 0 saturated heterocycles. The number of para-hydroxylation sites is 1. The van der Waals surface area contributed by atoms with Crippen LogP contribution in [0.25, 0.3) is 5.69 Å². The van der Waals surface area contributed by atoms with E-state index in [2.05, 4.69) is 11.2 Å². The van der Waals surface area contributed by atoms with Crippen LogP contribution in [0.5, 0.6) is 5.75 Å². The van der Waals surface area contributed by atoms with Crippen molar-refractivity contribution in [3.05, 3.63) is 77.1 Å². The third-order valence-corrected chi connectivity index (χ3v) is 3.75. The van der Waals surface area contributed by atoms with Crippen LogP contribution in [0.15, 0.2) is 54.6 Å². The Morgan fingerprint density at radius 1 is 1.12 bits per heavy atom. The van der Waals surface area contributed by atoms with Gasteiger partial charge in [0.25, 0.3) is 0 Å². The van der Waals surface area contributed by atoms with Gasteiger partial charge in [-0.1, -0.05) is 30.3 Å². The lowest BCUT2D eigenvalue weighted by molar-refractivity contribution is 0.280. The Kier molecular flexibility index (Phi) is 4.59. The summed E-state index contributed by atoms with van der Waals surface area (Å²) in [6.45, 7) is 2.05. The fraction of sp³-hybridized carbons (Fsp3) is 0.158. The van der Waals surface area contributed by atoms with Gasteiger partial charge in [0.15, 0.2) is 0 Å². The van der Waals surface area contributed by atoms with Crippen LogP contribution in [0.4, 0.5) is 0 Å². The minimum absolute atomic E-state index is 0.00116. The molecule has 0 atom stereocenters. The molecule has 0 spiro atoms. The van der Waals surface area contributed by atoms with Gasteiger partial charge in [0.1, 0.15) is 24.0 Å². The average molecular weight is 319 g/mol. The van der Waals surface area contributed by atoms with Gasteiger partial charge in [0, 0.05) is 0 Å². The van der Waals surface area contributed by atoms with E-state index in [4.69, 9.17) is 9.84 Å². The molecule has 0 unspecified atom stereocenters. The monoisotopic (exact) mass is 319 g/mol. The van der Waals surface area contributed by atoms with Crippen molar-refractivity contribution in [2.24, 2.45) is 0 Å². The molecule has 0 radical (unpaired) electrons. The summed E-state index contributed by atoms with van der Waals surface area (Å²) in [5.74, 6) is 0.676. The number of aromatic nitrogens is 2. The number of benzene rings is 2. The predicted molar refractivity (Wildman–Crippen MR) is 89.7 cm³/mol. The third kappa shape index (κ3) is 3.14. The van der Waals surface area contributed by atoms with E-state index in [1.54, 1.807) is 28.9 Å². The molecule has 0 aliphatic rings. The van der Waals surface area contributed by atoms with Gasteiger partial charge < -0.3 is 9.84 Å². The molecule has 0 fully saturated rings. The van der Waals surface area contributed by atoms with Crippen LogP contribution in [0.1, 0.15) is 22.5 Å². The first kappa shape index (κ1) is 15.8. The van der Waals surface area contributed by atoms with Crippen LogP contribution < -0.4 is 4.74 Å². The molecule has 0 aliphatic heterocycles. The summed E-state index contributed by atoms with van der Waals surface area (Å²) in [6.07, 6.45) is 0. The lowest BCUT2D eigenvalue weighted by atomic mass is 10.2. The first-order chi connectivity index (χ1) is 11.7. The maximum Gasteiger partial charge on any atom is 0.132 e. The van der Waals surface area contributed by atoms with Crippen molar-refractivity contribution < 1.29 is 9.84 Å². The van der Waals surface area contributed by atoms with Gasteiger partial charge in [0.05, 0.1) is 23.7 Å². The molecule has 0 bridgehead atoms. The van der Waals surface area contributed by atoms with E-state index in [1.165, 1.54) is 0 Å². The van der Waals surface area contributed by atoms with Crippen LogP contribution in [0.2, 0.25) is 0 Å². The standard InChI is InChI=1S/C19H17N3O2/c1-14-18(11-20)19(22(21-14)16-5-3-2-4-6-16)13-24-17-9-7-15(12-23)8-10-17/h2-10,23H,12-13H2,1H3. The summed E-state index contributed by atoms with van der Waals surface area (Å²) in [4.78, 5) is 0. The number of hydrogen-bond acceptors (Lipinski definition) is 4. The van der Waals surface area contributed by atoms with Gasteiger partial charge in [-0.05, 0) is 36.8 Å². The van der Waals surface area contributed by atoms with Crippen molar-refractivity contribution in [1.29, 1.82) is 5.26 Å². The smallest absolute Gasteiger partial charge is 0.132 e. The topological polar surface area (TPSA) is 71.1 Å². The van der Waals surface area contributed by atoms with Gasteiger partial charge in [-0.25, -0.2) is 4.68 Å². The lowest BCUT2D eigenvalue weighted by Crippen LogP contribution is -2.07. The molecule has 3 rings (SSSR count). The summed E-state index contributed by atoms with van der Waals surface area (Å²) in [6, 6.07) is 19.1. The number of nitriles is 1. The highest BCUT2D eigenvalue weighted by molar-refractivity contribution is 5.43. The minimum Gasteiger partial charge on any atom is -0.487 e. The number of hydrogen-bond donors (Lipinski definition) is 1. The van der Waals surface area contributed by atoms with Crippen molar-refractivity contribution in [1.82, 2.24) is 9.78 Å². The number of rotatable bonds is 5. The van der Waals surface area contributed by atoms with Crippen LogP contribution in [-0.2, 0) is 13.2 Å². The maximum atomic E-state index is 9.44. The number of aliphatic hydroxyl groups is 1. The molecule has 1 aromatic heterocycles. The highest BCUT2D eigenvalue weighted by Gasteiger charge is 2.16. The second-order valence-corrected chi connectivity index (χ2v) is 5.36. The van der Waals surface area contributed by atoms with E-state index in [9.17, 15) is 5.26 Å². The zero-order chi connectivity index (χ0) is 16.9. The van der Waals surface area contributed by atoms with Crippen molar-refractivity contribution >= 4 is 0 Å². The normalized spacial score (nSPS) is 10.4. The van der Waals surface area contributed by atoms with E-state index in [0.717, 1.165) is 11.3 Å². The average Bonchev–Trinajstić information content (AvgIpc) is 2.96. The van der Waals surface area contributed by atoms with Gasteiger partial charge in [-0.3, -0.25) is 0 Å². The Morgan fingerprint density at radius 3 is 2.46 bits per heavy atom. The highest BCUT2D eigenvalue weighted by atomic mass is 16.5. The molecule has 5 nitrogen and oxygen atoms in total. The largest absolute Gasteiger partial charge is 0.487 e. The fourth-order valence-electron chi connectivity index (χ4n) is 2.48. The molecule has 2 aromatic carbocycles. The molecule has 3 aromatic rings. The number of nitrogens with zero attached hydrogens (tertiary/aromatic N) is 3. The molecule has 0 amide bonds. The second kappa shape index (κ2) is 6.99. The number of aliphatic hydroxyl groups excluding tert-OH is 1. The van der Waals surface area contributed by atoms with E-state index in [0.29, 0.717) is 22.7 Å². The van der Waals surface area contributed by atoms with E-state index >= 15 is 0 Å². The quantitative estimate of drug-likeness (QED) is 0.784. The zero-order valence-corrected chi connectivity index (χ0v) is 13.3. The molecule has 5 heteroatoms. The van der Waals surface area contributed by atoms with Crippen molar-refractivity contribution in [2.75, 3.05) is 0 Å². The Labute approximate surface area is 140 Å². The van der Waals surface area contributed by atoms with Crippen LogP contribution in [-0.4, -0.2) is 14.9 Å². The SMILES string of the molecule is Cc1nn(-c2ccccc2)c(COc2ccc(CO)cc2)c1C#N. The van der Waals surface area contributed by atoms with Gasteiger partial charge in [-0.2, -0.15) is 10.4 Å². The molecule has 1 N–H and O–H groups in total. The molecular formula is C19H17N3O2. The number of ether oxygens (including phenoxy) is 1. The Hall–Kier alpha value is -3.10. The van der Waals surface area contributed by atoms with Crippen LogP contribution >= 0.6 is 0 Å². The zero-order valence-electron chi connectivity index (χ0n) is 13.3. The molecule has 0 saturated carbocycles. The van der Waals surface area contributed by atoms with Crippen LogP contribution in [0, 0.1) is 18.3 Å². The summed E-state index contributed by atoms with van der Waals surface area (Å²) >= 11 is 0. The summed E-state index contributed by atoms with van der Waals surface area (Å²) in [5, 5.41) is 23.0. The first-order valence-electron chi connectivity index (χ1n) is 7.59. The molecular weight excluding hydrogens is 302 g/mol. The molecule has 24 heavy (non-hydrogen) atoms. The van der Waals surface area contributed by atoms with Crippen molar-refractivity contribution in [3.8, 4) is 17.5 Å². The van der Waals surface area contributed by atoms with Crippen molar-refractivity contribution in [2.45, 2.75) is 20.1 Å². The minimum atomic E-state index is -0.00116. The Morgan fingerprint density at radius 2 is 1.83 bits per heavy atom. The second-order valence-electron chi connectivity index (χ2n) is 5.36. The summed E-state index contributed by atoms with van der Waals surface area (Å²) in [7, 11) is 0. The van der Waals surface area contributed by atoms with Gasteiger partial charge in [-0.15, -0.1) is 0 Å². The van der Waals surface area contributed by atoms with E-state index in [-0.39, 0.29) is 13.2 Å². The van der Waals surface area contributed by atoms with Gasteiger partial charge in [0.2, 0.25) is 0 Å². The van der Waals surface area contributed by atoms with E-state index < -0.39 is 0 Å². The molecule has 1 heterocycles. The Balaban J connectivity index is 1.90. The lowest BCUT2D eigenvalue weighted by Gasteiger charge is -2.10. The highest BCUT2D eigenvalue weighted by Crippen LogP contribution is 2.21. The third-order valence-electron chi connectivity index (χ3n) is 3.75. The number of aryl methyl sites for hydroxylation is 1. The first-order valence-corrected chi connectivity index (χ1v) is 7.59. The fourth-order valence-corrected chi connectivity index (χ4v) is 2.48. The molecule has 120 valence electrons. The summed E-state index contributed by atoms with van der Waals surface area (Å²) < 4.78 is 7.56. The van der Waals surface area contributed by atoms with Crippen LogP contribution in [0.3, 0.4) is 0 Å². The predicted octanol–water partition coefficient (Wildman–Crippen LogP) is 3.12.